The van der Waals surface area contributed by atoms with Gasteiger partial charge in [-0.2, -0.15) is 0 Å². The number of nitrogen functional groups attached to an aromatic ring is 1. The largest absolute Gasteiger partial charge is 0.490 e. The van der Waals surface area contributed by atoms with Crippen molar-refractivity contribution in [3.8, 4) is 16.9 Å². The van der Waals surface area contributed by atoms with Gasteiger partial charge in [-0.05, 0) is 48.2 Å². The Balaban J connectivity index is 1.61. The summed E-state index contributed by atoms with van der Waals surface area (Å²) in [6.07, 6.45) is 3.19. The molecule has 172 valence electrons. The van der Waals surface area contributed by atoms with Gasteiger partial charge in [0.15, 0.2) is 0 Å². The van der Waals surface area contributed by atoms with Crippen LogP contribution in [-0.4, -0.2) is 23.3 Å². The van der Waals surface area contributed by atoms with Crippen LogP contribution in [-0.2, 0) is 12.8 Å². The third kappa shape index (κ3) is 5.88. The van der Waals surface area contributed by atoms with Crippen molar-refractivity contribution >= 4 is 11.4 Å². The molecule has 5 N–H and O–H groups in total. The number of benzene rings is 3. The summed E-state index contributed by atoms with van der Waals surface area (Å²) in [7, 11) is 0. The fourth-order valence-electron chi connectivity index (χ4n) is 3.96. The van der Waals surface area contributed by atoms with Gasteiger partial charge in [-0.25, -0.2) is 0 Å². The van der Waals surface area contributed by atoms with E-state index in [0.29, 0.717) is 30.2 Å². The molecule has 0 saturated carbocycles. The van der Waals surface area contributed by atoms with E-state index in [1.54, 1.807) is 13.1 Å². The molecule has 5 nitrogen and oxygen atoms in total. The first-order valence-corrected chi connectivity index (χ1v) is 11.4. The molecule has 1 unspecified atom stereocenters. The molecule has 4 aromatic rings. The first kappa shape index (κ1) is 23.2. The Morgan fingerprint density at radius 1 is 0.941 bits per heavy atom. The van der Waals surface area contributed by atoms with Crippen LogP contribution in [0.1, 0.15) is 29.3 Å². The number of ether oxygens (including phenoxy) is 1. The lowest BCUT2D eigenvalue weighted by Crippen LogP contribution is -2.30. The van der Waals surface area contributed by atoms with Crippen LogP contribution in [0.3, 0.4) is 0 Å². The minimum absolute atomic E-state index is 0.126. The number of nitrogens with two attached hydrogens (primary N) is 2. The van der Waals surface area contributed by atoms with E-state index in [9.17, 15) is 0 Å². The molecule has 0 aliphatic heterocycles. The summed E-state index contributed by atoms with van der Waals surface area (Å²) >= 11 is 0. The molecule has 0 amide bonds. The highest BCUT2D eigenvalue weighted by Gasteiger charge is 2.13. The Morgan fingerprint density at radius 3 is 2.29 bits per heavy atom. The van der Waals surface area contributed by atoms with Gasteiger partial charge < -0.3 is 21.6 Å². The molecule has 0 aliphatic carbocycles. The number of aromatic nitrogens is 1. The first-order valence-electron chi connectivity index (χ1n) is 11.4. The Kier molecular flexibility index (Phi) is 7.35. The highest BCUT2D eigenvalue weighted by Crippen LogP contribution is 2.30. The molecule has 1 heterocycles. The summed E-state index contributed by atoms with van der Waals surface area (Å²) in [5.74, 6) is 0.667. The SMILES string of the molecule is CC(=N)c1cc(-c2cc(OCC(N)Cc3ccccc3)cnc2Cc2ccccc2)ccc1N. The summed E-state index contributed by atoms with van der Waals surface area (Å²) in [6, 6.07) is 28.1. The summed E-state index contributed by atoms with van der Waals surface area (Å²) in [4.78, 5) is 4.76. The maximum Gasteiger partial charge on any atom is 0.138 e. The average molecular weight is 451 g/mol. The second-order valence-corrected chi connectivity index (χ2v) is 8.52. The summed E-state index contributed by atoms with van der Waals surface area (Å²) in [6.45, 7) is 2.13. The van der Waals surface area contributed by atoms with E-state index in [-0.39, 0.29) is 6.04 Å². The average Bonchev–Trinajstić information content (AvgIpc) is 2.85. The van der Waals surface area contributed by atoms with E-state index in [0.717, 1.165) is 28.8 Å². The molecule has 0 bridgehead atoms. The van der Waals surface area contributed by atoms with Crippen LogP contribution in [0.15, 0.2) is 91.1 Å². The first-order chi connectivity index (χ1) is 16.5. The van der Waals surface area contributed by atoms with Crippen molar-refractivity contribution in [1.29, 1.82) is 5.41 Å². The number of anilines is 1. The zero-order valence-electron chi connectivity index (χ0n) is 19.4. The number of nitrogens with one attached hydrogen (secondary N) is 1. The Bertz CT molecular complexity index is 1260. The van der Waals surface area contributed by atoms with E-state index in [1.165, 1.54) is 11.1 Å². The van der Waals surface area contributed by atoms with Crippen molar-refractivity contribution in [2.24, 2.45) is 5.73 Å². The smallest absolute Gasteiger partial charge is 0.138 e. The molecule has 0 fully saturated rings. The summed E-state index contributed by atoms with van der Waals surface area (Å²) in [5, 5.41) is 8.08. The highest BCUT2D eigenvalue weighted by molar-refractivity contribution is 6.02. The molecule has 34 heavy (non-hydrogen) atoms. The van der Waals surface area contributed by atoms with E-state index < -0.39 is 0 Å². The third-order valence-corrected chi connectivity index (χ3v) is 5.73. The number of rotatable bonds is 9. The van der Waals surface area contributed by atoms with Gasteiger partial charge in [0, 0.05) is 35.0 Å². The van der Waals surface area contributed by atoms with Crippen LogP contribution in [0, 0.1) is 5.41 Å². The molecule has 4 rings (SSSR count). The summed E-state index contributed by atoms with van der Waals surface area (Å²) < 4.78 is 6.05. The fraction of sp³-hybridized carbons (Fsp3) is 0.172. The monoisotopic (exact) mass is 450 g/mol. The zero-order valence-corrected chi connectivity index (χ0v) is 19.4. The molecule has 0 spiro atoms. The number of pyridine rings is 1. The van der Waals surface area contributed by atoms with Gasteiger partial charge >= 0.3 is 0 Å². The molecule has 3 aromatic carbocycles. The number of nitrogens with zero attached hydrogens (tertiary/aromatic N) is 1. The van der Waals surface area contributed by atoms with Crippen molar-refractivity contribution < 1.29 is 4.74 Å². The van der Waals surface area contributed by atoms with E-state index in [2.05, 4.69) is 24.3 Å². The Labute approximate surface area is 200 Å². The predicted octanol–water partition coefficient (Wildman–Crippen LogP) is 5.26. The van der Waals surface area contributed by atoms with Gasteiger partial charge in [0.05, 0.1) is 11.9 Å². The van der Waals surface area contributed by atoms with Gasteiger partial charge in [-0.15, -0.1) is 0 Å². The van der Waals surface area contributed by atoms with Crippen LogP contribution in [0.5, 0.6) is 5.75 Å². The second kappa shape index (κ2) is 10.8. The molecule has 5 heteroatoms. The normalized spacial score (nSPS) is 11.7. The van der Waals surface area contributed by atoms with Crippen molar-refractivity contribution in [2.45, 2.75) is 25.8 Å². The minimum atomic E-state index is -0.126. The third-order valence-electron chi connectivity index (χ3n) is 5.73. The molecule has 1 aromatic heterocycles. The molecule has 0 saturated heterocycles. The fourth-order valence-corrected chi connectivity index (χ4v) is 3.96. The number of hydrogen-bond donors (Lipinski definition) is 3. The van der Waals surface area contributed by atoms with Gasteiger partial charge in [0.25, 0.3) is 0 Å². The molecular weight excluding hydrogens is 420 g/mol. The van der Waals surface area contributed by atoms with Crippen molar-refractivity contribution in [1.82, 2.24) is 4.98 Å². The van der Waals surface area contributed by atoms with Crippen LogP contribution in [0.2, 0.25) is 0 Å². The molecule has 0 aliphatic rings. The van der Waals surface area contributed by atoms with Crippen molar-refractivity contribution in [3.63, 3.8) is 0 Å². The second-order valence-electron chi connectivity index (χ2n) is 8.52. The van der Waals surface area contributed by atoms with E-state index in [1.807, 2.05) is 60.7 Å². The van der Waals surface area contributed by atoms with Crippen molar-refractivity contribution in [2.75, 3.05) is 12.3 Å². The van der Waals surface area contributed by atoms with E-state index in [4.69, 9.17) is 26.6 Å². The summed E-state index contributed by atoms with van der Waals surface area (Å²) in [5.41, 5.74) is 19.4. The van der Waals surface area contributed by atoms with Gasteiger partial charge in [-0.1, -0.05) is 66.7 Å². The minimum Gasteiger partial charge on any atom is -0.490 e. The molecule has 0 radical (unpaired) electrons. The zero-order chi connectivity index (χ0) is 23.9. The van der Waals surface area contributed by atoms with Crippen LogP contribution in [0.4, 0.5) is 5.69 Å². The lowest BCUT2D eigenvalue weighted by Gasteiger charge is -2.16. The number of hydrogen-bond acceptors (Lipinski definition) is 5. The van der Waals surface area contributed by atoms with Gasteiger partial charge in [-0.3, -0.25) is 4.98 Å². The lowest BCUT2D eigenvalue weighted by atomic mass is 9.96. The highest BCUT2D eigenvalue weighted by atomic mass is 16.5. The molecular formula is C29H30N4O. The Hall–Kier alpha value is -3.96. The van der Waals surface area contributed by atoms with E-state index >= 15 is 0 Å². The van der Waals surface area contributed by atoms with Crippen molar-refractivity contribution in [3.05, 3.63) is 114 Å². The van der Waals surface area contributed by atoms with Gasteiger partial charge in [0.1, 0.15) is 12.4 Å². The standard InChI is InChI=1S/C29H30N4O/c1-20(30)26-16-23(12-13-28(26)32)27-17-25(18-33-29(27)15-22-10-6-3-7-11-22)34-19-24(31)14-21-8-4-2-5-9-21/h2-13,16-18,24,30H,14-15,19,31-32H2,1H3. The topological polar surface area (TPSA) is 98.0 Å². The lowest BCUT2D eigenvalue weighted by molar-refractivity contribution is 0.286. The quantitative estimate of drug-likeness (QED) is 0.239. The van der Waals surface area contributed by atoms with Gasteiger partial charge in [0.2, 0.25) is 0 Å². The maximum absolute atomic E-state index is 8.08. The van der Waals surface area contributed by atoms with Crippen LogP contribution in [0.25, 0.3) is 11.1 Å². The van der Waals surface area contributed by atoms with Crippen LogP contribution < -0.4 is 16.2 Å². The molecule has 1 atom stereocenters. The Morgan fingerprint density at radius 2 is 1.62 bits per heavy atom. The van der Waals surface area contributed by atoms with Crippen LogP contribution >= 0.6 is 0 Å². The predicted molar refractivity (Wildman–Crippen MR) is 139 cm³/mol. The maximum atomic E-state index is 8.08.